The third-order valence-electron chi connectivity index (χ3n) is 4.20. The molecule has 2 atom stereocenters. The minimum Gasteiger partial charge on any atom is -0.486 e. The Labute approximate surface area is 120 Å². The smallest absolute Gasteiger partial charge is 0.161 e. The molecule has 1 N–H and O–H groups in total. The fraction of sp³-hybridized carbons (Fsp3) is 0.625. The second kappa shape index (κ2) is 6.46. The Hall–Kier alpha value is -1.26. The van der Waals surface area contributed by atoms with Crippen LogP contribution in [0.2, 0.25) is 0 Å². The summed E-state index contributed by atoms with van der Waals surface area (Å²) in [6.07, 6.45) is 4.58. The molecule has 4 nitrogen and oxygen atoms in total. The van der Waals surface area contributed by atoms with Gasteiger partial charge in [-0.3, -0.25) is 4.90 Å². The van der Waals surface area contributed by atoms with E-state index in [1.807, 2.05) is 24.3 Å². The van der Waals surface area contributed by atoms with Gasteiger partial charge >= 0.3 is 0 Å². The van der Waals surface area contributed by atoms with Crippen LogP contribution in [0.3, 0.4) is 0 Å². The molecule has 0 spiro atoms. The van der Waals surface area contributed by atoms with Gasteiger partial charge in [0.15, 0.2) is 11.5 Å². The molecule has 0 amide bonds. The molecule has 1 fully saturated rings. The van der Waals surface area contributed by atoms with Gasteiger partial charge in [-0.05, 0) is 44.4 Å². The summed E-state index contributed by atoms with van der Waals surface area (Å²) < 4.78 is 11.8. The average molecular weight is 277 g/mol. The second-order valence-corrected chi connectivity index (χ2v) is 5.65. The maximum absolute atomic E-state index is 8.98. The average Bonchev–Trinajstić information content (AvgIpc) is 2.92. The molecule has 2 unspecified atom stereocenters. The molecule has 20 heavy (non-hydrogen) atoms. The van der Waals surface area contributed by atoms with E-state index < -0.39 is 0 Å². The number of fused-ring (bicyclic) bond motifs is 1. The first-order chi connectivity index (χ1) is 9.86. The molecule has 2 heterocycles. The standard InChI is InChI=1S/C16H23NO3/c18-10-4-6-13-5-3-9-17(13)11-14-12-19-15-7-1-2-8-16(15)20-14/h1-2,7-8,13-14,18H,3-6,9-12H2. The minimum absolute atomic E-state index is 0.111. The molecular formula is C16H23NO3. The van der Waals surface area contributed by atoms with Crippen molar-refractivity contribution in [2.45, 2.75) is 37.8 Å². The molecule has 1 aromatic rings. The van der Waals surface area contributed by atoms with Crippen LogP contribution in [-0.4, -0.2) is 48.5 Å². The quantitative estimate of drug-likeness (QED) is 0.894. The Morgan fingerprint density at radius 1 is 1.25 bits per heavy atom. The van der Waals surface area contributed by atoms with Gasteiger partial charge in [0.05, 0.1) is 0 Å². The summed E-state index contributed by atoms with van der Waals surface area (Å²) in [5.41, 5.74) is 0. The molecule has 110 valence electrons. The molecular weight excluding hydrogens is 254 g/mol. The number of rotatable bonds is 5. The lowest BCUT2D eigenvalue weighted by molar-refractivity contribution is 0.0533. The van der Waals surface area contributed by atoms with E-state index in [0.29, 0.717) is 19.3 Å². The molecule has 0 aliphatic carbocycles. The van der Waals surface area contributed by atoms with Crippen LogP contribution in [0.1, 0.15) is 25.7 Å². The number of aliphatic hydroxyl groups is 1. The van der Waals surface area contributed by atoms with Crippen LogP contribution < -0.4 is 9.47 Å². The monoisotopic (exact) mass is 277 g/mol. The Morgan fingerprint density at radius 3 is 2.95 bits per heavy atom. The van der Waals surface area contributed by atoms with E-state index in [-0.39, 0.29) is 6.10 Å². The summed E-state index contributed by atoms with van der Waals surface area (Å²) in [6.45, 7) is 2.98. The molecule has 0 radical (unpaired) electrons. The molecule has 0 saturated carbocycles. The van der Waals surface area contributed by atoms with Gasteiger partial charge in [0.25, 0.3) is 0 Å². The second-order valence-electron chi connectivity index (χ2n) is 5.65. The van der Waals surface area contributed by atoms with Crippen molar-refractivity contribution in [3.63, 3.8) is 0 Å². The van der Waals surface area contributed by atoms with Gasteiger partial charge in [0.2, 0.25) is 0 Å². The normalized spacial score (nSPS) is 25.9. The third-order valence-corrected chi connectivity index (χ3v) is 4.20. The fourth-order valence-electron chi connectivity index (χ4n) is 3.20. The van der Waals surface area contributed by atoms with Crippen molar-refractivity contribution in [1.29, 1.82) is 0 Å². The van der Waals surface area contributed by atoms with Gasteiger partial charge < -0.3 is 14.6 Å². The van der Waals surface area contributed by atoms with Crippen molar-refractivity contribution in [1.82, 2.24) is 4.90 Å². The van der Waals surface area contributed by atoms with E-state index in [2.05, 4.69) is 4.90 Å². The van der Waals surface area contributed by atoms with Crippen LogP contribution in [0.4, 0.5) is 0 Å². The summed E-state index contributed by atoms with van der Waals surface area (Å²) in [6, 6.07) is 8.46. The molecule has 2 aliphatic rings. The van der Waals surface area contributed by atoms with Crippen molar-refractivity contribution in [3.8, 4) is 11.5 Å². The molecule has 1 aromatic carbocycles. The van der Waals surface area contributed by atoms with Gasteiger partial charge in [-0.15, -0.1) is 0 Å². The highest BCUT2D eigenvalue weighted by Gasteiger charge is 2.29. The van der Waals surface area contributed by atoms with E-state index in [0.717, 1.165) is 37.4 Å². The largest absolute Gasteiger partial charge is 0.486 e. The summed E-state index contributed by atoms with van der Waals surface area (Å²) in [4.78, 5) is 2.50. The van der Waals surface area contributed by atoms with Gasteiger partial charge in [-0.2, -0.15) is 0 Å². The molecule has 4 heteroatoms. The summed E-state index contributed by atoms with van der Waals surface area (Å²) in [5.74, 6) is 1.71. The Bertz CT molecular complexity index is 437. The fourth-order valence-corrected chi connectivity index (χ4v) is 3.20. The van der Waals surface area contributed by atoms with Crippen LogP contribution in [0, 0.1) is 0 Å². The number of benzene rings is 1. The van der Waals surface area contributed by atoms with Crippen LogP contribution in [0.15, 0.2) is 24.3 Å². The number of hydrogen-bond donors (Lipinski definition) is 1. The maximum atomic E-state index is 8.98. The summed E-state index contributed by atoms with van der Waals surface area (Å²) >= 11 is 0. The van der Waals surface area contributed by atoms with E-state index >= 15 is 0 Å². The topological polar surface area (TPSA) is 41.9 Å². The highest BCUT2D eigenvalue weighted by molar-refractivity contribution is 5.40. The van der Waals surface area contributed by atoms with Crippen molar-refractivity contribution >= 4 is 0 Å². The number of aliphatic hydroxyl groups excluding tert-OH is 1. The van der Waals surface area contributed by atoms with Gasteiger partial charge in [0.1, 0.15) is 12.7 Å². The van der Waals surface area contributed by atoms with Gasteiger partial charge in [-0.25, -0.2) is 0 Å². The highest BCUT2D eigenvalue weighted by atomic mass is 16.6. The van der Waals surface area contributed by atoms with Crippen LogP contribution >= 0.6 is 0 Å². The third kappa shape index (κ3) is 3.07. The Morgan fingerprint density at radius 2 is 2.10 bits per heavy atom. The minimum atomic E-state index is 0.111. The molecule has 0 aromatic heterocycles. The summed E-state index contributed by atoms with van der Waals surface area (Å²) in [7, 11) is 0. The number of hydrogen-bond acceptors (Lipinski definition) is 4. The van der Waals surface area contributed by atoms with E-state index in [9.17, 15) is 0 Å². The first kappa shape index (κ1) is 13.7. The van der Waals surface area contributed by atoms with E-state index in [4.69, 9.17) is 14.6 Å². The molecule has 2 aliphatic heterocycles. The lowest BCUT2D eigenvalue weighted by Crippen LogP contribution is -2.43. The maximum Gasteiger partial charge on any atom is 0.161 e. The zero-order valence-electron chi connectivity index (χ0n) is 11.8. The Kier molecular flexibility index (Phi) is 4.43. The first-order valence-electron chi connectivity index (χ1n) is 7.60. The van der Waals surface area contributed by atoms with Crippen LogP contribution in [0.5, 0.6) is 11.5 Å². The highest BCUT2D eigenvalue weighted by Crippen LogP contribution is 2.32. The number of para-hydroxylation sites is 2. The van der Waals surface area contributed by atoms with E-state index in [1.165, 1.54) is 12.8 Å². The van der Waals surface area contributed by atoms with E-state index in [1.54, 1.807) is 0 Å². The van der Waals surface area contributed by atoms with Crippen molar-refractivity contribution in [2.75, 3.05) is 26.3 Å². The Balaban J connectivity index is 1.56. The summed E-state index contributed by atoms with van der Waals surface area (Å²) in [5, 5.41) is 8.98. The van der Waals surface area contributed by atoms with Crippen molar-refractivity contribution < 1.29 is 14.6 Å². The predicted molar refractivity (Wildman–Crippen MR) is 77.3 cm³/mol. The molecule has 3 rings (SSSR count). The number of nitrogens with zero attached hydrogens (tertiary/aromatic N) is 1. The zero-order valence-corrected chi connectivity index (χ0v) is 11.8. The zero-order chi connectivity index (χ0) is 13.8. The van der Waals surface area contributed by atoms with Crippen LogP contribution in [-0.2, 0) is 0 Å². The lowest BCUT2D eigenvalue weighted by atomic mass is 10.1. The predicted octanol–water partition coefficient (Wildman–Crippen LogP) is 2.06. The van der Waals surface area contributed by atoms with Gasteiger partial charge in [0, 0.05) is 19.2 Å². The first-order valence-corrected chi connectivity index (χ1v) is 7.60. The molecule has 1 saturated heterocycles. The SMILES string of the molecule is OCCCC1CCCN1CC1COc2ccccc2O1. The molecule has 0 bridgehead atoms. The van der Waals surface area contributed by atoms with Crippen molar-refractivity contribution in [2.24, 2.45) is 0 Å². The van der Waals surface area contributed by atoms with Crippen LogP contribution in [0.25, 0.3) is 0 Å². The number of likely N-dealkylation sites (tertiary alicyclic amines) is 1. The van der Waals surface area contributed by atoms with Crippen molar-refractivity contribution in [3.05, 3.63) is 24.3 Å². The lowest BCUT2D eigenvalue weighted by Gasteiger charge is -2.32. The van der Waals surface area contributed by atoms with Gasteiger partial charge in [-0.1, -0.05) is 12.1 Å². The number of ether oxygens (including phenoxy) is 2.